The van der Waals surface area contributed by atoms with Gasteiger partial charge in [-0.15, -0.1) is 0 Å². The Labute approximate surface area is 579 Å². The van der Waals surface area contributed by atoms with Crippen LogP contribution in [0.4, 0.5) is 34.1 Å². The van der Waals surface area contributed by atoms with Gasteiger partial charge in [-0.1, -0.05) is 227 Å². The molecule has 450 valence electrons. The first kappa shape index (κ1) is 41.3. The summed E-state index contributed by atoms with van der Waals surface area (Å²) in [5, 5.41) is 13.0. The number of fused-ring (bicyclic) bond motifs is 13. The standard InChI is InChI=1S/C89H61BN6/c1-89(2,3)62-51-86-88-87(52-62)95(66-49-60(57-24-6-4-7-25-57)48-61(50-66)68-29-11-10-28-67(68)58-26-8-5-9-27-58)85-55-65(93-79-38-20-14-32-71(79)72-33-15-21-39-80(72)93)45-47-76(85)90(88)75-46-44-64(92-77-36-18-12-30-69(77)70-31-13-19-37-78(70)92)54-84(75)94(86)63-43-42-59(56-91)83(53-63)96-81-40-22-16-34-73(81)74-35-17-23-41-82(74)96/h4-55H,1-3H3/i12D,13D,14D,15D,18D,19D,20D,21D,30D,31D,32D,33D,36D,37D,38D,39D. The van der Waals surface area contributed by atoms with Crippen molar-refractivity contribution in [3.05, 3.63) is 326 Å². The molecule has 19 rings (SSSR count). The molecule has 0 bridgehead atoms. The molecule has 0 atom stereocenters. The molecule has 0 fully saturated rings. The molecule has 0 spiro atoms. The molecule has 0 radical (unpaired) electrons. The van der Waals surface area contributed by atoms with E-state index < -0.39 is 109 Å². The molecule has 0 unspecified atom stereocenters. The first-order chi connectivity index (χ1) is 53.9. The smallest absolute Gasteiger partial charge is 0.252 e. The summed E-state index contributed by atoms with van der Waals surface area (Å²) in [5.41, 5.74) is 14.7. The lowest BCUT2D eigenvalue weighted by Crippen LogP contribution is -2.61. The van der Waals surface area contributed by atoms with Crippen LogP contribution in [0.3, 0.4) is 0 Å². The topological polar surface area (TPSA) is 45.1 Å². The van der Waals surface area contributed by atoms with Gasteiger partial charge in [-0.25, -0.2) is 0 Å². The molecular weight excluding hydrogens is 1160 g/mol. The van der Waals surface area contributed by atoms with Crippen molar-refractivity contribution < 1.29 is 21.9 Å². The van der Waals surface area contributed by atoms with E-state index >= 15 is 0 Å². The van der Waals surface area contributed by atoms with Crippen LogP contribution in [0.2, 0.25) is 0 Å². The molecule has 2 aliphatic rings. The van der Waals surface area contributed by atoms with Gasteiger partial charge < -0.3 is 23.5 Å². The van der Waals surface area contributed by atoms with E-state index in [2.05, 4.69) is 120 Å². The molecule has 3 aromatic heterocycles. The van der Waals surface area contributed by atoms with Crippen molar-refractivity contribution in [3.63, 3.8) is 0 Å². The van der Waals surface area contributed by atoms with E-state index in [1.54, 1.807) is 6.07 Å². The van der Waals surface area contributed by atoms with Crippen LogP contribution in [0.25, 0.3) is 116 Å². The second-order valence-electron chi connectivity index (χ2n) is 25.6. The first-order valence-electron chi connectivity index (χ1n) is 39.8. The first-order valence-corrected chi connectivity index (χ1v) is 31.8. The Bertz CT molecular complexity index is 6910. The van der Waals surface area contributed by atoms with Crippen LogP contribution < -0.4 is 26.2 Å². The van der Waals surface area contributed by atoms with Crippen molar-refractivity contribution in [2.45, 2.75) is 26.2 Å². The van der Waals surface area contributed by atoms with Gasteiger partial charge in [-0.2, -0.15) is 5.26 Å². The molecule has 5 heterocycles. The van der Waals surface area contributed by atoms with Crippen molar-refractivity contribution in [2.75, 3.05) is 9.80 Å². The number of aromatic nitrogens is 3. The molecule has 96 heavy (non-hydrogen) atoms. The Morgan fingerprint density at radius 1 is 0.333 bits per heavy atom. The van der Waals surface area contributed by atoms with E-state index in [4.69, 9.17) is 8.22 Å². The third kappa shape index (κ3) is 8.38. The highest BCUT2D eigenvalue weighted by atomic mass is 15.2. The Kier molecular flexibility index (Phi) is 9.18. The van der Waals surface area contributed by atoms with Crippen molar-refractivity contribution in [2.24, 2.45) is 0 Å². The predicted molar refractivity (Wildman–Crippen MR) is 403 cm³/mol. The highest BCUT2D eigenvalue weighted by molar-refractivity contribution is 7.00. The minimum atomic E-state index is -0.758. The number of hydrogen-bond acceptors (Lipinski definition) is 3. The van der Waals surface area contributed by atoms with Crippen LogP contribution in [0, 0.1) is 11.3 Å². The number of rotatable bonds is 8. The second-order valence-corrected chi connectivity index (χ2v) is 25.6. The summed E-state index contributed by atoms with van der Waals surface area (Å²) in [6, 6.07) is 66.7. The number of hydrogen-bond donors (Lipinski definition) is 0. The Hall–Kier alpha value is -12.4. The van der Waals surface area contributed by atoms with E-state index in [0.29, 0.717) is 62.0 Å². The third-order valence-electron chi connectivity index (χ3n) is 19.3. The fraction of sp³-hybridized carbons (Fsp3) is 0.0449. The van der Waals surface area contributed by atoms with Crippen molar-refractivity contribution in [1.82, 2.24) is 13.7 Å². The Morgan fingerprint density at radius 3 is 1.27 bits per heavy atom. The Balaban J connectivity index is 0.981. The van der Waals surface area contributed by atoms with Gasteiger partial charge in [-0.05, 0) is 170 Å². The average molecular weight is 1240 g/mol. The van der Waals surface area contributed by atoms with E-state index in [1.165, 1.54) is 9.13 Å². The summed E-state index contributed by atoms with van der Waals surface area (Å²) in [6.45, 7) is 5.63. The molecule has 7 heteroatoms. The number of nitrogens with zero attached hydrogens (tertiary/aromatic N) is 6. The van der Waals surface area contributed by atoms with Crippen molar-refractivity contribution in [1.29, 1.82) is 5.26 Å². The molecule has 0 amide bonds. The minimum absolute atomic E-state index is 0.0625. The fourth-order valence-electron chi connectivity index (χ4n) is 15.0. The maximum Gasteiger partial charge on any atom is 0.252 e. The molecule has 0 saturated heterocycles. The lowest BCUT2D eigenvalue weighted by Gasteiger charge is -2.45. The number of para-hydroxylation sites is 6. The van der Waals surface area contributed by atoms with E-state index in [1.807, 2.05) is 133 Å². The maximum atomic E-state index is 11.4. The average Bonchev–Trinajstić information content (AvgIpc) is 1.08. The van der Waals surface area contributed by atoms with Gasteiger partial charge in [-0.3, -0.25) is 0 Å². The lowest BCUT2D eigenvalue weighted by atomic mass is 9.33. The number of nitriles is 1. The normalized spacial score (nSPS) is 15.0. The van der Waals surface area contributed by atoms with Crippen LogP contribution in [-0.4, -0.2) is 20.4 Å². The molecule has 0 N–H and O–H groups in total. The molecule has 0 aliphatic carbocycles. The zero-order chi connectivity index (χ0) is 77.8. The monoisotopic (exact) mass is 1240 g/mol. The summed E-state index contributed by atoms with van der Waals surface area (Å²) in [6.07, 6.45) is 0. The summed E-state index contributed by atoms with van der Waals surface area (Å²) < 4.78 is 155. The molecule has 17 aromatic rings. The van der Waals surface area contributed by atoms with Crippen LogP contribution in [0.1, 0.15) is 53.8 Å². The van der Waals surface area contributed by atoms with E-state index in [9.17, 15) is 19.0 Å². The van der Waals surface area contributed by atoms with Gasteiger partial charge >= 0.3 is 0 Å². The number of benzene rings is 14. The zero-order valence-electron chi connectivity index (χ0n) is 68.0. The number of anilines is 6. The third-order valence-corrected chi connectivity index (χ3v) is 19.3. The molecule has 6 nitrogen and oxygen atoms in total. The van der Waals surface area contributed by atoms with Gasteiger partial charge in [0, 0.05) is 77.8 Å². The molecular formula is C89H61BN6. The van der Waals surface area contributed by atoms with E-state index in [0.717, 1.165) is 66.2 Å². The summed E-state index contributed by atoms with van der Waals surface area (Å²) >= 11 is 0. The molecule has 14 aromatic carbocycles. The van der Waals surface area contributed by atoms with E-state index in [-0.39, 0.29) is 49.3 Å². The second kappa shape index (κ2) is 21.3. The minimum Gasteiger partial charge on any atom is -0.311 e. The van der Waals surface area contributed by atoms with Gasteiger partial charge in [0.25, 0.3) is 6.71 Å². The summed E-state index contributed by atoms with van der Waals surface area (Å²) in [4.78, 5) is 4.37. The maximum absolute atomic E-state index is 11.4. The van der Waals surface area contributed by atoms with Gasteiger partial charge in [0.2, 0.25) is 0 Å². The van der Waals surface area contributed by atoms with Crippen molar-refractivity contribution in [3.8, 4) is 56.5 Å². The van der Waals surface area contributed by atoms with Crippen LogP contribution >= 0.6 is 0 Å². The van der Waals surface area contributed by atoms with Crippen LogP contribution in [0.5, 0.6) is 0 Å². The lowest BCUT2D eigenvalue weighted by molar-refractivity contribution is 0.590. The van der Waals surface area contributed by atoms with Gasteiger partial charge in [0.1, 0.15) is 6.07 Å². The fourth-order valence-corrected chi connectivity index (χ4v) is 15.0. The molecule has 0 saturated carbocycles. The SMILES string of the molecule is [2H]c1c([2H])c([2H])c2c(c1[2H])c1c([2H])c([2H])c([2H])c([2H])c1n2-c1ccc2c(c1)N(c1cc(-c3ccccc3)cc(-c3ccccc3-c3ccccc3)c1)c1cc(C(C)(C)C)cc3c1B2c1ccc(-n2c4c([2H])c([2H])c([2H])c([2H])c4c4c([2H])c([2H])c([2H])c([2H])c42)cc1N3c1ccc(C#N)c(-n2c3ccccc3c3ccccc32)c1. The highest BCUT2D eigenvalue weighted by Gasteiger charge is 2.45. The highest BCUT2D eigenvalue weighted by Crippen LogP contribution is 2.50. The summed E-state index contributed by atoms with van der Waals surface area (Å²) in [7, 11) is 0. The van der Waals surface area contributed by atoms with Gasteiger partial charge in [0.15, 0.2) is 0 Å². The predicted octanol–water partition coefficient (Wildman–Crippen LogP) is 21.2. The van der Waals surface area contributed by atoms with Gasteiger partial charge in [0.05, 0.1) is 66.3 Å². The van der Waals surface area contributed by atoms with Crippen molar-refractivity contribution >= 4 is 123 Å². The zero-order valence-corrected chi connectivity index (χ0v) is 52.0. The summed E-state index contributed by atoms with van der Waals surface area (Å²) in [5.74, 6) is 0. The largest absolute Gasteiger partial charge is 0.311 e. The van der Waals surface area contributed by atoms with Crippen LogP contribution in [0.15, 0.2) is 315 Å². The quantitative estimate of drug-likeness (QED) is 0.142. The van der Waals surface area contributed by atoms with Crippen LogP contribution in [-0.2, 0) is 5.41 Å². The Morgan fingerprint density at radius 2 is 0.760 bits per heavy atom. The molecule has 2 aliphatic heterocycles.